The molecule has 0 aromatic carbocycles. The van der Waals surface area contributed by atoms with Gasteiger partial charge in [0.1, 0.15) is 0 Å². The lowest BCUT2D eigenvalue weighted by Gasteiger charge is -2.33. The summed E-state index contributed by atoms with van der Waals surface area (Å²) >= 11 is 0. The van der Waals surface area contributed by atoms with E-state index in [1.807, 2.05) is 0 Å². The van der Waals surface area contributed by atoms with Crippen LogP contribution in [0.2, 0.25) is 0 Å². The normalized spacial score (nSPS) is 29.8. The highest BCUT2D eigenvalue weighted by atomic mass is 14.9. The predicted molar refractivity (Wildman–Crippen MR) is 57.6 cm³/mol. The summed E-state index contributed by atoms with van der Waals surface area (Å²) in [6.07, 6.45) is 5.22. The summed E-state index contributed by atoms with van der Waals surface area (Å²) in [4.78, 5) is 0. The molecule has 0 bridgehead atoms. The zero-order chi connectivity index (χ0) is 9.68. The molecule has 2 nitrogen and oxygen atoms in total. The topological polar surface area (TPSA) is 38.0 Å². The van der Waals surface area contributed by atoms with Crippen LogP contribution in [0.5, 0.6) is 0 Å². The highest BCUT2D eigenvalue weighted by Crippen LogP contribution is 2.26. The van der Waals surface area contributed by atoms with Crippen molar-refractivity contribution in [1.82, 2.24) is 5.32 Å². The fourth-order valence-electron chi connectivity index (χ4n) is 2.05. The van der Waals surface area contributed by atoms with E-state index in [4.69, 9.17) is 5.73 Å². The minimum absolute atomic E-state index is 0.727. The third kappa shape index (κ3) is 3.65. The van der Waals surface area contributed by atoms with E-state index in [9.17, 15) is 0 Å². The van der Waals surface area contributed by atoms with E-state index >= 15 is 0 Å². The maximum Gasteiger partial charge on any atom is 0.00721 e. The van der Waals surface area contributed by atoms with E-state index in [2.05, 4.69) is 19.2 Å². The zero-order valence-corrected chi connectivity index (χ0v) is 9.05. The van der Waals surface area contributed by atoms with Crippen LogP contribution in [-0.4, -0.2) is 19.1 Å². The van der Waals surface area contributed by atoms with E-state index in [0.717, 1.165) is 31.0 Å². The third-order valence-electron chi connectivity index (χ3n) is 3.27. The monoisotopic (exact) mass is 184 g/mol. The number of hydrogen-bond acceptors (Lipinski definition) is 2. The molecule has 0 aromatic heterocycles. The Morgan fingerprint density at radius 3 is 2.62 bits per heavy atom. The quantitative estimate of drug-likeness (QED) is 0.660. The largest absolute Gasteiger partial charge is 0.330 e. The van der Waals surface area contributed by atoms with Crippen molar-refractivity contribution in [3.8, 4) is 0 Å². The highest BCUT2D eigenvalue weighted by molar-refractivity contribution is 4.82. The van der Waals surface area contributed by atoms with E-state index in [0.29, 0.717) is 0 Å². The maximum atomic E-state index is 5.64. The van der Waals surface area contributed by atoms with Crippen LogP contribution in [0.1, 0.15) is 39.5 Å². The summed E-state index contributed by atoms with van der Waals surface area (Å²) in [5.74, 6) is 1.68. The number of hydrogen-bond donors (Lipinski definition) is 2. The molecule has 0 spiro atoms. The lowest BCUT2D eigenvalue weighted by Crippen LogP contribution is -2.41. The van der Waals surface area contributed by atoms with Crippen molar-refractivity contribution in [3.63, 3.8) is 0 Å². The molecule has 1 saturated carbocycles. The van der Waals surface area contributed by atoms with Gasteiger partial charge in [-0.05, 0) is 44.2 Å². The van der Waals surface area contributed by atoms with Gasteiger partial charge in [0.05, 0.1) is 0 Å². The maximum absolute atomic E-state index is 5.64. The van der Waals surface area contributed by atoms with Gasteiger partial charge in [-0.1, -0.05) is 20.3 Å². The predicted octanol–water partition coefficient (Wildman–Crippen LogP) is 1.75. The van der Waals surface area contributed by atoms with Crippen LogP contribution in [0.4, 0.5) is 0 Å². The summed E-state index contributed by atoms with van der Waals surface area (Å²) in [5, 5.41) is 3.59. The zero-order valence-electron chi connectivity index (χ0n) is 9.05. The highest BCUT2D eigenvalue weighted by Gasteiger charge is 2.24. The lowest BCUT2D eigenvalue weighted by atomic mass is 9.82. The summed E-state index contributed by atoms with van der Waals surface area (Å²) in [7, 11) is 0. The smallest absolute Gasteiger partial charge is 0.00721 e. The molecule has 0 saturated heterocycles. The number of rotatable bonds is 6. The van der Waals surface area contributed by atoms with Crippen molar-refractivity contribution in [2.45, 2.75) is 45.6 Å². The van der Waals surface area contributed by atoms with Gasteiger partial charge < -0.3 is 11.1 Å². The summed E-state index contributed by atoms with van der Waals surface area (Å²) < 4.78 is 0. The van der Waals surface area contributed by atoms with Gasteiger partial charge >= 0.3 is 0 Å². The van der Waals surface area contributed by atoms with Crippen molar-refractivity contribution in [2.24, 2.45) is 17.6 Å². The molecule has 0 heterocycles. The molecule has 0 aliphatic heterocycles. The van der Waals surface area contributed by atoms with Crippen LogP contribution in [0.3, 0.4) is 0 Å². The molecule has 0 radical (unpaired) electrons. The van der Waals surface area contributed by atoms with Gasteiger partial charge in [0.2, 0.25) is 0 Å². The molecule has 1 aliphatic carbocycles. The summed E-state index contributed by atoms with van der Waals surface area (Å²) in [6.45, 7) is 6.56. The Morgan fingerprint density at radius 2 is 2.15 bits per heavy atom. The second-order valence-electron chi connectivity index (χ2n) is 4.53. The third-order valence-corrected chi connectivity index (χ3v) is 3.27. The first-order valence-electron chi connectivity index (χ1n) is 5.69. The van der Waals surface area contributed by atoms with Gasteiger partial charge in [-0.2, -0.15) is 0 Å². The van der Waals surface area contributed by atoms with Crippen LogP contribution >= 0.6 is 0 Å². The van der Waals surface area contributed by atoms with Crippen molar-refractivity contribution in [1.29, 1.82) is 0 Å². The Morgan fingerprint density at radius 1 is 1.46 bits per heavy atom. The molecule has 1 atom stereocenters. The Hall–Kier alpha value is -0.0800. The van der Waals surface area contributed by atoms with Gasteiger partial charge in [0.15, 0.2) is 0 Å². The summed E-state index contributed by atoms with van der Waals surface area (Å²) in [6, 6.07) is 0.810. The minimum Gasteiger partial charge on any atom is -0.330 e. The summed E-state index contributed by atoms with van der Waals surface area (Å²) in [5.41, 5.74) is 5.64. The Labute approximate surface area is 82.3 Å². The second kappa shape index (κ2) is 5.61. The number of nitrogens with one attached hydrogen (secondary N) is 1. The van der Waals surface area contributed by atoms with Gasteiger partial charge in [0, 0.05) is 6.04 Å². The first kappa shape index (κ1) is 11.0. The van der Waals surface area contributed by atoms with E-state index in [-0.39, 0.29) is 0 Å². The molecule has 13 heavy (non-hydrogen) atoms. The molecule has 3 N–H and O–H groups in total. The number of nitrogens with two attached hydrogens (primary N) is 1. The van der Waals surface area contributed by atoms with E-state index < -0.39 is 0 Å². The lowest BCUT2D eigenvalue weighted by molar-refractivity contribution is 0.237. The van der Waals surface area contributed by atoms with Gasteiger partial charge in [0.25, 0.3) is 0 Å². The van der Waals surface area contributed by atoms with Crippen molar-refractivity contribution >= 4 is 0 Å². The molecule has 78 valence electrons. The van der Waals surface area contributed by atoms with Crippen LogP contribution in [-0.2, 0) is 0 Å². The first-order chi connectivity index (χ1) is 6.26. The first-order valence-corrected chi connectivity index (χ1v) is 5.69. The molecule has 1 unspecified atom stereocenters. The minimum atomic E-state index is 0.727. The van der Waals surface area contributed by atoms with E-state index in [1.54, 1.807) is 0 Å². The molecule has 2 heteroatoms. The Balaban J connectivity index is 1.94. The fourth-order valence-corrected chi connectivity index (χ4v) is 2.05. The Bertz CT molecular complexity index is 126. The van der Waals surface area contributed by atoms with Crippen LogP contribution in [0, 0.1) is 11.8 Å². The average Bonchev–Trinajstić information content (AvgIpc) is 2.09. The van der Waals surface area contributed by atoms with Crippen molar-refractivity contribution in [2.75, 3.05) is 13.1 Å². The van der Waals surface area contributed by atoms with Crippen LogP contribution in [0.15, 0.2) is 0 Å². The molecule has 1 aliphatic rings. The van der Waals surface area contributed by atoms with Crippen molar-refractivity contribution < 1.29 is 0 Å². The molecular weight excluding hydrogens is 160 g/mol. The fraction of sp³-hybridized carbons (Fsp3) is 1.00. The van der Waals surface area contributed by atoms with Gasteiger partial charge in [-0.25, -0.2) is 0 Å². The van der Waals surface area contributed by atoms with Gasteiger partial charge in [-0.3, -0.25) is 0 Å². The van der Waals surface area contributed by atoms with Crippen LogP contribution in [0.25, 0.3) is 0 Å². The standard InChI is InChI=1S/C11H24N2/c1-3-10(8-12)4-5-13-11-6-9(2)7-11/h9-11,13H,3-8,12H2,1-2H3. The molecule has 0 amide bonds. The molecule has 1 fully saturated rings. The molecule has 0 aromatic rings. The molecular formula is C11H24N2. The van der Waals surface area contributed by atoms with E-state index in [1.165, 1.54) is 25.7 Å². The average molecular weight is 184 g/mol. The molecule has 1 rings (SSSR count). The SMILES string of the molecule is CCC(CN)CCNC1CC(C)C1. The van der Waals surface area contributed by atoms with Gasteiger partial charge in [-0.15, -0.1) is 0 Å². The Kier molecular flexibility index (Phi) is 4.74. The van der Waals surface area contributed by atoms with Crippen LogP contribution < -0.4 is 11.1 Å². The van der Waals surface area contributed by atoms with Crippen molar-refractivity contribution in [3.05, 3.63) is 0 Å². The second-order valence-corrected chi connectivity index (χ2v) is 4.53.